The SMILES string of the molecule is CCc1c(C#N)nn(Cc2cn(C)nc2C)c1Br. The summed E-state index contributed by atoms with van der Waals surface area (Å²) in [6.45, 7) is 4.61. The molecule has 0 aliphatic heterocycles. The first-order chi connectivity index (χ1) is 8.56. The number of aryl methyl sites for hydroxylation is 2. The molecule has 18 heavy (non-hydrogen) atoms. The molecule has 0 radical (unpaired) electrons. The Kier molecular flexibility index (Phi) is 3.53. The van der Waals surface area contributed by atoms with Gasteiger partial charge in [-0.1, -0.05) is 6.92 Å². The molecular formula is C12H14BrN5. The summed E-state index contributed by atoms with van der Waals surface area (Å²) in [7, 11) is 1.90. The Morgan fingerprint density at radius 3 is 2.61 bits per heavy atom. The molecule has 2 rings (SSSR count). The molecule has 0 bridgehead atoms. The molecule has 0 aromatic carbocycles. The molecule has 2 aromatic heterocycles. The van der Waals surface area contributed by atoms with E-state index in [0.717, 1.165) is 27.8 Å². The van der Waals surface area contributed by atoms with E-state index in [0.29, 0.717) is 12.2 Å². The van der Waals surface area contributed by atoms with Gasteiger partial charge in [0.05, 0.1) is 12.2 Å². The van der Waals surface area contributed by atoms with Gasteiger partial charge in [0.25, 0.3) is 0 Å². The highest BCUT2D eigenvalue weighted by Crippen LogP contribution is 2.22. The average Bonchev–Trinajstić information content (AvgIpc) is 2.80. The van der Waals surface area contributed by atoms with Crippen LogP contribution in [0.4, 0.5) is 0 Å². The van der Waals surface area contributed by atoms with Crippen LogP contribution in [0.15, 0.2) is 10.8 Å². The van der Waals surface area contributed by atoms with Crippen molar-refractivity contribution in [3.63, 3.8) is 0 Å². The molecule has 0 spiro atoms. The molecule has 0 N–H and O–H groups in total. The van der Waals surface area contributed by atoms with E-state index in [1.807, 2.05) is 27.1 Å². The molecule has 2 heterocycles. The number of hydrogen-bond acceptors (Lipinski definition) is 3. The summed E-state index contributed by atoms with van der Waals surface area (Å²) in [5.41, 5.74) is 3.54. The third-order valence-electron chi connectivity index (χ3n) is 2.88. The molecule has 0 fully saturated rings. The molecule has 0 atom stereocenters. The highest BCUT2D eigenvalue weighted by Gasteiger charge is 2.15. The largest absolute Gasteiger partial charge is 0.275 e. The quantitative estimate of drug-likeness (QED) is 0.873. The predicted octanol–water partition coefficient (Wildman–Crippen LogP) is 2.17. The van der Waals surface area contributed by atoms with Crippen molar-refractivity contribution >= 4 is 15.9 Å². The monoisotopic (exact) mass is 307 g/mol. The van der Waals surface area contributed by atoms with Crippen LogP contribution in [0, 0.1) is 18.3 Å². The Balaban J connectivity index is 2.39. The van der Waals surface area contributed by atoms with Gasteiger partial charge in [-0.3, -0.25) is 9.36 Å². The zero-order valence-corrected chi connectivity index (χ0v) is 12.2. The van der Waals surface area contributed by atoms with Crippen molar-refractivity contribution in [2.75, 3.05) is 0 Å². The second-order valence-corrected chi connectivity index (χ2v) is 4.91. The van der Waals surface area contributed by atoms with Crippen molar-refractivity contribution in [2.45, 2.75) is 26.8 Å². The molecule has 94 valence electrons. The summed E-state index contributed by atoms with van der Waals surface area (Å²) in [5, 5.41) is 17.7. The highest BCUT2D eigenvalue weighted by molar-refractivity contribution is 9.10. The topological polar surface area (TPSA) is 59.4 Å². The van der Waals surface area contributed by atoms with E-state index in [4.69, 9.17) is 5.26 Å². The minimum Gasteiger partial charge on any atom is -0.275 e. The first-order valence-corrected chi connectivity index (χ1v) is 6.50. The molecule has 5 nitrogen and oxygen atoms in total. The van der Waals surface area contributed by atoms with Crippen molar-refractivity contribution in [1.82, 2.24) is 19.6 Å². The number of nitrogens with zero attached hydrogens (tertiary/aromatic N) is 5. The van der Waals surface area contributed by atoms with Crippen LogP contribution in [0.25, 0.3) is 0 Å². The van der Waals surface area contributed by atoms with Crippen molar-refractivity contribution in [2.24, 2.45) is 7.05 Å². The van der Waals surface area contributed by atoms with Crippen LogP contribution >= 0.6 is 15.9 Å². The van der Waals surface area contributed by atoms with Gasteiger partial charge in [-0.2, -0.15) is 15.5 Å². The molecule has 0 saturated heterocycles. The van der Waals surface area contributed by atoms with Gasteiger partial charge in [-0.05, 0) is 29.3 Å². The van der Waals surface area contributed by atoms with Crippen LogP contribution in [0.1, 0.15) is 29.4 Å². The third-order valence-corrected chi connectivity index (χ3v) is 3.76. The Labute approximate surface area is 114 Å². The van der Waals surface area contributed by atoms with E-state index in [2.05, 4.69) is 32.2 Å². The predicted molar refractivity (Wildman–Crippen MR) is 71.1 cm³/mol. The first kappa shape index (κ1) is 12.8. The maximum absolute atomic E-state index is 9.05. The Hall–Kier alpha value is -1.61. The van der Waals surface area contributed by atoms with E-state index in [1.54, 1.807) is 9.36 Å². The summed E-state index contributed by atoms with van der Waals surface area (Å²) in [5.74, 6) is 0. The number of hydrogen-bond donors (Lipinski definition) is 0. The Morgan fingerprint density at radius 1 is 1.44 bits per heavy atom. The second kappa shape index (κ2) is 4.94. The Bertz CT molecular complexity index is 617. The summed E-state index contributed by atoms with van der Waals surface area (Å²) in [6, 6.07) is 2.13. The van der Waals surface area contributed by atoms with Crippen molar-refractivity contribution < 1.29 is 0 Å². The van der Waals surface area contributed by atoms with E-state index in [1.165, 1.54) is 0 Å². The zero-order chi connectivity index (χ0) is 13.3. The fourth-order valence-electron chi connectivity index (χ4n) is 1.95. The lowest BCUT2D eigenvalue weighted by atomic mass is 10.2. The van der Waals surface area contributed by atoms with Crippen molar-refractivity contribution in [3.05, 3.63) is 33.3 Å². The molecular weight excluding hydrogens is 294 g/mol. The van der Waals surface area contributed by atoms with Crippen LogP contribution < -0.4 is 0 Å². The number of halogens is 1. The minimum absolute atomic E-state index is 0.492. The molecule has 0 aliphatic rings. The molecule has 0 aliphatic carbocycles. The van der Waals surface area contributed by atoms with Gasteiger partial charge < -0.3 is 0 Å². The van der Waals surface area contributed by atoms with Crippen LogP contribution in [0.5, 0.6) is 0 Å². The summed E-state index contributed by atoms with van der Waals surface area (Å²) < 4.78 is 4.47. The molecule has 0 saturated carbocycles. The fraction of sp³-hybridized carbons (Fsp3) is 0.417. The summed E-state index contributed by atoms with van der Waals surface area (Å²) in [6.07, 6.45) is 2.76. The van der Waals surface area contributed by atoms with Gasteiger partial charge >= 0.3 is 0 Å². The fourth-order valence-corrected chi connectivity index (χ4v) is 2.62. The van der Waals surface area contributed by atoms with Gasteiger partial charge in [-0.25, -0.2) is 0 Å². The van der Waals surface area contributed by atoms with Crippen LogP contribution in [-0.4, -0.2) is 19.6 Å². The standard InChI is InChI=1S/C12H14BrN5/c1-4-10-11(5-14)16-18(12(10)13)7-9-6-17(3)15-8(9)2/h6H,4,7H2,1-3H3. The molecule has 0 amide bonds. The maximum Gasteiger partial charge on any atom is 0.166 e. The van der Waals surface area contributed by atoms with Crippen molar-refractivity contribution in [1.29, 1.82) is 5.26 Å². The third kappa shape index (κ3) is 2.18. The van der Waals surface area contributed by atoms with Gasteiger partial charge in [0, 0.05) is 24.4 Å². The molecule has 0 unspecified atom stereocenters. The number of rotatable bonds is 3. The van der Waals surface area contributed by atoms with E-state index >= 15 is 0 Å². The summed E-state index contributed by atoms with van der Waals surface area (Å²) in [4.78, 5) is 0. The normalized spacial score (nSPS) is 10.6. The van der Waals surface area contributed by atoms with E-state index < -0.39 is 0 Å². The maximum atomic E-state index is 9.05. The molecule has 6 heteroatoms. The highest BCUT2D eigenvalue weighted by atomic mass is 79.9. The van der Waals surface area contributed by atoms with Crippen LogP contribution in [0.3, 0.4) is 0 Å². The average molecular weight is 308 g/mol. The van der Waals surface area contributed by atoms with E-state index in [9.17, 15) is 0 Å². The lowest BCUT2D eigenvalue weighted by Gasteiger charge is -2.02. The van der Waals surface area contributed by atoms with Crippen molar-refractivity contribution in [3.8, 4) is 6.07 Å². The number of aromatic nitrogens is 4. The van der Waals surface area contributed by atoms with Gasteiger partial charge in [-0.15, -0.1) is 0 Å². The first-order valence-electron chi connectivity index (χ1n) is 5.71. The van der Waals surface area contributed by atoms with Gasteiger partial charge in [0.2, 0.25) is 0 Å². The molecule has 2 aromatic rings. The van der Waals surface area contributed by atoms with Crippen LogP contribution in [-0.2, 0) is 20.0 Å². The summed E-state index contributed by atoms with van der Waals surface area (Å²) >= 11 is 3.51. The second-order valence-electron chi connectivity index (χ2n) is 4.15. The van der Waals surface area contributed by atoms with E-state index in [-0.39, 0.29) is 0 Å². The van der Waals surface area contributed by atoms with Gasteiger partial charge in [0.15, 0.2) is 5.69 Å². The zero-order valence-electron chi connectivity index (χ0n) is 10.6. The minimum atomic E-state index is 0.492. The van der Waals surface area contributed by atoms with Crippen LogP contribution in [0.2, 0.25) is 0 Å². The lowest BCUT2D eigenvalue weighted by Crippen LogP contribution is -2.03. The van der Waals surface area contributed by atoms with Gasteiger partial charge in [0.1, 0.15) is 10.7 Å². The Morgan fingerprint density at radius 2 is 2.17 bits per heavy atom. The number of nitriles is 1. The lowest BCUT2D eigenvalue weighted by molar-refractivity contribution is 0.665. The smallest absolute Gasteiger partial charge is 0.166 e.